The summed E-state index contributed by atoms with van der Waals surface area (Å²) >= 11 is 1.29. The van der Waals surface area contributed by atoms with E-state index >= 15 is 0 Å². The zero-order valence-electron chi connectivity index (χ0n) is 16.3. The summed E-state index contributed by atoms with van der Waals surface area (Å²) in [6, 6.07) is 10.0. The molecule has 0 saturated carbocycles. The molecule has 0 aliphatic rings. The first-order valence-corrected chi connectivity index (χ1v) is 9.91. The van der Waals surface area contributed by atoms with Crippen LogP contribution in [-0.2, 0) is 11.8 Å². The van der Waals surface area contributed by atoms with Crippen LogP contribution in [0.1, 0.15) is 30.8 Å². The number of hydrogen-bond donors (Lipinski definition) is 2. The second kappa shape index (κ2) is 8.78. The maximum atomic E-state index is 12.3. The number of thiazole rings is 1. The quantitative estimate of drug-likeness (QED) is 0.648. The fourth-order valence-corrected chi connectivity index (χ4v) is 3.27. The molecule has 2 N–H and O–H groups in total. The first-order valence-electron chi connectivity index (χ1n) is 9.03. The molecule has 0 radical (unpaired) electrons. The van der Waals surface area contributed by atoms with Crippen molar-refractivity contribution in [3.8, 4) is 11.3 Å². The first kappa shape index (κ1) is 20.4. The molecule has 2 heterocycles. The molecule has 8 nitrogen and oxygen atoms in total. The predicted octanol–water partition coefficient (Wildman–Crippen LogP) is 3.14. The van der Waals surface area contributed by atoms with Crippen molar-refractivity contribution < 1.29 is 9.59 Å². The number of anilines is 2. The molecule has 3 rings (SSSR count). The highest BCUT2D eigenvalue weighted by Crippen LogP contribution is 2.26. The summed E-state index contributed by atoms with van der Waals surface area (Å²) in [7, 11) is 1.48. The minimum Gasteiger partial charge on any atom is -0.326 e. The summed E-state index contributed by atoms with van der Waals surface area (Å²) in [4.78, 5) is 39.9. The molecule has 3 aromatic rings. The Balaban J connectivity index is 1.66. The number of carbonyl (C=O) groups excluding carboxylic acids is 2. The molecule has 2 aromatic heterocycles. The number of nitrogens with one attached hydrogen (secondary N) is 2. The second-order valence-corrected chi connectivity index (χ2v) is 7.75. The minimum atomic E-state index is -0.440. The number of hydrogen-bond acceptors (Lipinski definition) is 6. The van der Waals surface area contributed by atoms with Crippen LogP contribution in [0.25, 0.3) is 11.3 Å². The van der Waals surface area contributed by atoms with Gasteiger partial charge in [0.2, 0.25) is 5.91 Å². The Morgan fingerprint density at radius 3 is 2.48 bits per heavy atom. The number of aryl methyl sites for hydroxylation is 1. The average Bonchev–Trinajstić information content (AvgIpc) is 3.12. The van der Waals surface area contributed by atoms with Crippen LogP contribution in [0.4, 0.5) is 10.8 Å². The summed E-state index contributed by atoms with van der Waals surface area (Å²) in [5.41, 5.74) is 2.14. The molecule has 0 unspecified atom stereocenters. The smallest absolute Gasteiger partial charge is 0.277 e. The highest BCUT2D eigenvalue weighted by atomic mass is 32.1. The van der Waals surface area contributed by atoms with Gasteiger partial charge in [-0.1, -0.05) is 26.0 Å². The van der Waals surface area contributed by atoms with Crippen LogP contribution in [0.5, 0.6) is 0 Å². The molecule has 0 atom stereocenters. The van der Waals surface area contributed by atoms with Crippen LogP contribution < -0.4 is 16.2 Å². The van der Waals surface area contributed by atoms with Crippen molar-refractivity contribution in [2.24, 2.45) is 13.0 Å². The predicted molar refractivity (Wildman–Crippen MR) is 113 cm³/mol. The third-order valence-corrected chi connectivity index (χ3v) is 4.73. The van der Waals surface area contributed by atoms with Crippen LogP contribution >= 0.6 is 11.3 Å². The molecular formula is C20H21N5O3S. The van der Waals surface area contributed by atoms with E-state index in [1.807, 2.05) is 43.5 Å². The van der Waals surface area contributed by atoms with Gasteiger partial charge in [0.05, 0.1) is 5.69 Å². The molecule has 0 bridgehead atoms. The van der Waals surface area contributed by atoms with E-state index in [1.165, 1.54) is 30.5 Å². The second-order valence-electron chi connectivity index (χ2n) is 6.90. The van der Waals surface area contributed by atoms with Gasteiger partial charge in [-0.3, -0.25) is 19.7 Å². The van der Waals surface area contributed by atoms with E-state index in [4.69, 9.17) is 0 Å². The monoisotopic (exact) mass is 411 g/mol. The third kappa shape index (κ3) is 5.35. The van der Waals surface area contributed by atoms with Crippen molar-refractivity contribution in [3.63, 3.8) is 0 Å². The Labute approximate surface area is 171 Å². The van der Waals surface area contributed by atoms with E-state index in [2.05, 4.69) is 20.7 Å². The molecule has 0 spiro atoms. The van der Waals surface area contributed by atoms with E-state index in [0.717, 1.165) is 15.9 Å². The topological polar surface area (TPSA) is 106 Å². The molecule has 29 heavy (non-hydrogen) atoms. The Morgan fingerprint density at radius 1 is 1.10 bits per heavy atom. The zero-order chi connectivity index (χ0) is 21.0. The largest absolute Gasteiger partial charge is 0.326 e. The van der Waals surface area contributed by atoms with Crippen molar-refractivity contribution >= 4 is 34.0 Å². The molecule has 9 heteroatoms. The molecular weight excluding hydrogens is 390 g/mol. The maximum Gasteiger partial charge on any atom is 0.277 e. The van der Waals surface area contributed by atoms with Crippen LogP contribution in [0.2, 0.25) is 0 Å². The lowest BCUT2D eigenvalue weighted by Gasteiger charge is -2.07. The summed E-state index contributed by atoms with van der Waals surface area (Å²) in [6.45, 7) is 3.99. The summed E-state index contributed by atoms with van der Waals surface area (Å²) in [5, 5.41) is 11.7. The van der Waals surface area contributed by atoms with Gasteiger partial charge in [0.1, 0.15) is 5.69 Å². The highest BCUT2D eigenvalue weighted by Gasteiger charge is 2.12. The van der Waals surface area contributed by atoms with E-state index in [0.29, 0.717) is 23.2 Å². The van der Waals surface area contributed by atoms with Crippen molar-refractivity contribution in [1.82, 2.24) is 14.8 Å². The van der Waals surface area contributed by atoms with Gasteiger partial charge in [0.15, 0.2) is 5.13 Å². The molecule has 0 aliphatic heterocycles. The fourth-order valence-electron chi connectivity index (χ4n) is 2.56. The van der Waals surface area contributed by atoms with Gasteiger partial charge < -0.3 is 5.32 Å². The molecule has 150 valence electrons. The van der Waals surface area contributed by atoms with E-state index in [1.54, 1.807) is 0 Å². The minimum absolute atomic E-state index is 0.0153. The van der Waals surface area contributed by atoms with Gasteiger partial charge in [-0.05, 0) is 24.1 Å². The molecule has 0 aliphatic carbocycles. The summed E-state index contributed by atoms with van der Waals surface area (Å²) in [5.74, 6) is -0.156. The van der Waals surface area contributed by atoms with Crippen LogP contribution in [0, 0.1) is 5.92 Å². The molecule has 1 aromatic carbocycles. The van der Waals surface area contributed by atoms with E-state index < -0.39 is 5.91 Å². The Kier molecular flexibility index (Phi) is 6.18. The zero-order valence-corrected chi connectivity index (χ0v) is 17.1. The number of aromatic nitrogens is 3. The van der Waals surface area contributed by atoms with Crippen LogP contribution in [-0.4, -0.2) is 26.6 Å². The van der Waals surface area contributed by atoms with Gasteiger partial charge in [-0.2, -0.15) is 5.10 Å². The lowest BCUT2D eigenvalue weighted by molar-refractivity contribution is -0.116. The van der Waals surface area contributed by atoms with Gasteiger partial charge in [-0.25, -0.2) is 9.67 Å². The Bertz CT molecular complexity index is 1090. The van der Waals surface area contributed by atoms with E-state index in [-0.39, 0.29) is 17.2 Å². The van der Waals surface area contributed by atoms with Crippen molar-refractivity contribution in [2.45, 2.75) is 20.3 Å². The normalized spacial score (nSPS) is 10.8. The number of nitrogens with zero attached hydrogens (tertiary/aromatic N) is 3. The Hall–Kier alpha value is -3.33. The number of rotatable bonds is 6. The molecule has 0 saturated heterocycles. The van der Waals surface area contributed by atoms with Gasteiger partial charge in [-0.15, -0.1) is 11.3 Å². The first-order chi connectivity index (χ1) is 13.8. The van der Waals surface area contributed by atoms with Gasteiger partial charge in [0, 0.05) is 36.2 Å². The summed E-state index contributed by atoms with van der Waals surface area (Å²) < 4.78 is 1.10. The Morgan fingerprint density at radius 2 is 1.83 bits per heavy atom. The average molecular weight is 411 g/mol. The molecule has 2 amide bonds. The van der Waals surface area contributed by atoms with E-state index in [9.17, 15) is 14.4 Å². The standard InChI is InChI=1S/C20H21N5O3S/c1-12(2)10-17(26)21-14-6-4-13(5-7-14)16-11-29-20(22-16)23-19(28)15-8-9-18(27)25(3)24-15/h4-9,11-12H,10H2,1-3H3,(H,21,26)(H,22,23,28). The van der Waals surface area contributed by atoms with Gasteiger partial charge in [0.25, 0.3) is 11.5 Å². The number of amides is 2. The SMILES string of the molecule is CC(C)CC(=O)Nc1ccc(-c2csc(NC(=O)c3ccc(=O)n(C)n3)n2)cc1. The van der Waals surface area contributed by atoms with Crippen LogP contribution in [0.15, 0.2) is 46.6 Å². The lowest BCUT2D eigenvalue weighted by Crippen LogP contribution is -2.23. The summed E-state index contributed by atoms with van der Waals surface area (Å²) in [6.07, 6.45) is 0.474. The third-order valence-electron chi connectivity index (χ3n) is 3.98. The highest BCUT2D eigenvalue weighted by molar-refractivity contribution is 7.14. The van der Waals surface area contributed by atoms with Crippen molar-refractivity contribution in [1.29, 1.82) is 0 Å². The van der Waals surface area contributed by atoms with Gasteiger partial charge >= 0.3 is 0 Å². The molecule has 0 fully saturated rings. The fraction of sp³-hybridized carbons (Fsp3) is 0.250. The number of carbonyl (C=O) groups is 2. The number of benzene rings is 1. The van der Waals surface area contributed by atoms with Crippen LogP contribution in [0.3, 0.4) is 0 Å². The van der Waals surface area contributed by atoms with Crippen molar-refractivity contribution in [2.75, 3.05) is 10.6 Å². The lowest BCUT2D eigenvalue weighted by atomic mass is 10.1. The van der Waals surface area contributed by atoms with Crippen molar-refractivity contribution in [3.05, 3.63) is 57.8 Å². The maximum absolute atomic E-state index is 12.3.